The van der Waals surface area contributed by atoms with Crippen LogP contribution in [-0.2, 0) is 0 Å². The van der Waals surface area contributed by atoms with Crippen molar-refractivity contribution >= 4 is 28.8 Å². The number of halogens is 3. The summed E-state index contributed by atoms with van der Waals surface area (Å²) in [5, 5.41) is 3.25. The highest BCUT2D eigenvalue weighted by atomic mass is 19.4. The first kappa shape index (κ1) is 20.7. The van der Waals surface area contributed by atoms with Crippen LogP contribution >= 0.6 is 0 Å². The molecule has 0 aromatic heterocycles. The van der Waals surface area contributed by atoms with Crippen molar-refractivity contribution in [1.82, 2.24) is 5.23 Å². The van der Waals surface area contributed by atoms with Crippen LogP contribution in [0.3, 0.4) is 0 Å². The third kappa shape index (κ3) is 3.79. The molecule has 0 bridgehead atoms. The van der Waals surface area contributed by atoms with E-state index in [2.05, 4.69) is 10.1 Å². The fourth-order valence-corrected chi connectivity index (χ4v) is 4.16. The summed E-state index contributed by atoms with van der Waals surface area (Å²) in [6, 6.07) is 25.8. The van der Waals surface area contributed by atoms with E-state index in [0.29, 0.717) is 10.9 Å². The Morgan fingerprint density at radius 3 is 1.71 bits per heavy atom. The first-order valence-corrected chi connectivity index (χ1v) is 9.91. The number of benzene rings is 3. The van der Waals surface area contributed by atoms with Gasteiger partial charge in [-0.2, -0.15) is 13.2 Å². The fraction of sp³-hybridized carbons (Fsp3) is 0.0833. The molecule has 3 aromatic rings. The molecule has 2 N–H and O–H groups in total. The van der Waals surface area contributed by atoms with E-state index in [1.165, 1.54) is 19.1 Å². The van der Waals surface area contributed by atoms with Gasteiger partial charge in [0.25, 0.3) is 0 Å². The molecule has 3 aromatic carbocycles. The summed E-state index contributed by atoms with van der Waals surface area (Å²) in [4.78, 5) is 15.8. The third-order valence-corrected chi connectivity index (χ3v) is 5.56. The van der Waals surface area contributed by atoms with Crippen LogP contribution in [-0.4, -0.2) is 24.1 Å². The largest absolute Gasteiger partial charge is 0.493 e. The molecule has 0 spiro atoms. The molecule has 3 nitrogen and oxygen atoms in total. The minimum atomic E-state index is -4.75. The van der Waals surface area contributed by atoms with Gasteiger partial charge in [-0.25, -0.2) is 0 Å². The topological polar surface area (TPSA) is 43.1 Å². The zero-order valence-corrected chi connectivity index (χ0v) is 16.8. The Morgan fingerprint density at radius 2 is 1.26 bits per heavy atom. The van der Waals surface area contributed by atoms with E-state index >= 15 is 0 Å². The van der Waals surface area contributed by atoms with E-state index in [9.17, 15) is 18.0 Å². The lowest BCUT2D eigenvalue weighted by Crippen LogP contribution is -3.06. The molecule has 0 fully saturated rings. The monoisotopic (exact) mass is 420 g/mol. The Bertz CT molecular complexity index is 1120. The highest BCUT2D eigenvalue weighted by Crippen LogP contribution is 2.25. The van der Waals surface area contributed by atoms with Gasteiger partial charge >= 0.3 is 12.6 Å². The minimum absolute atomic E-state index is 0.174. The summed E-state index contributed by atoms with van der Waals surface area (Å²) in [5.74, 6) is -0.684. The zero-order valence-electron chi connectivity index (χ0n) is 16.8. The number of carbonyl (C=O) groups is 1. The Kier molecular flexibility index (Phi) is 5.27. The van der Waals surface area contributed by atoms with Crippen molar-refractivity contribution in [3.05, 3.63) is 108 Å². The van der Waals surface area contributed by atoms with Crippen LogP contribution in [0.15, 0.2) is 102 Å². The lowest BCUT2D eigenvalue weighted by molar-refractivity contribution is -0.322. The van der Waals surface area contributed by atoms with Gasteiger partial charge in [0.15, 0.2) is 0 Å². The normalized spacial score (nSPS) is 15.8. The zero-order chi connectivity index (χ0) is 22.1. The van der Waals surface area contributed by atoms with Crippen LogP contribution in [0.25, 0.3) is 0 Å². The molecule has 0 saturated carbocycles. The van der Waals surface area contributed by atoms with Crippen molar-refractivity contribution in [2.75, 3.05) is 0 Å². The summed E-state index contributed by atoms with van der Waals surface area (Å²) in [6.07, 6.45) is -7.01. The number of hydrogen-bond acceptors (Lipinski definition) is 2. The van der Waals surface area contributed by atoms with Crippen molar-refractivity contribution < 1.29 is 22.9 Å². The molecule has 0 unspecified atom stereocenters. The maximum absolute atomic E-state index is 14.3. The molecule has 4 rings (SSSR count). The van der Waals surface area contributed by atoms with E-state index in [4.69, 9.17) is 0 Å². The molecule has 0 saturated heterocycles. The molecular weight excluding hydrogens is 400 g/mol. The van der Waals surface area contributed by atoms with E-state index in [-0.39, 0.29) is 11.3 Å². The Hall–Kier alpha value is -3.61. The minimum Gasteiger partial charge on any atom is -0.493 e. The van der Waals surface area contributed by atoms with Gasteiger partial charge in [0.2, 0.25) is 11.5 Å². The second-order valence-corrected chi connectivity index (χ2v) is 7.54. The molecule has 0 amide bonds. The standard InChI is InChI=1S/C24H20BF3N2O/c1-17-21(22(31)18-11-5-2-6-12-18)23(24(26,27)28)30-25(29-17,19-13-7-3-8-14-19)20-15-9-4-10-16-20/h2-16,29-30H,1H3. The quantitative estimate of drug-likeness (QED) is 0.502. The lowest BCUT2D eigenvalue weighted by atomic mass is 9.37. The SMILES string of the molecule is CC1=C(C(=O)c2ccccc2)C(C(F)(F)F)=[NH+][B-](c2ccccc2)(c2ccccc2)N1. The molecule has 156 valence electrons. The lowest BCUT2D eigenvalue weighted by Gasteiger charge is -2.38. The molecular formula is C24H20BF3N2O. The Morgan fingerprint density at radius 1 is 0.806 bits per heavy atom. The molecule has 1 aliphatic heterocycles. The number of rotatable bonds is 4. The summed E-state index contributed by atoms with van der Waals surface area (Å²) in [7, 11) is 0. The highest BCUT2D eigenvalue weighted by Gasteiger charge is 2.52. The second kappa shape index (κ2) is 7.91. The highest BCUT2D eigenvalue weighted by molar-refractivity contribution is 6.94. The smallest absolute Gasteiger partial charge is 0.472 e. The average molecular weight is 420 g/mol. The van der Waals surface area contributed by atoms with Crippen LogP contribution < -0.4 is 21.1 Å². The van der Waals surface area contributed by atoms with Gasteiger partial charge in [0, 0.05) is 5.56 Å². The number of carbonyl (C=O) groups excluding carboxylic acids is 1. The number of alkyl halides is 3. The Balaban J connectivity index is 1.96. The fourth-order valence-electron chi connectivity index (χ4n) is 4.16. The van der Waals surface area contributed by atoms with Crippen LogP contribution in [0, 0.1) is 0 Å². The average Bonchev–Trinajstić information content (AvgIpc) is 2.79. The van der Waals surface area contributed by atoms with E-state index in [1.807, 2.05) is 12.1 Å². The predicted octanol–water partition coefficient (Wildman–Crippen LogP) is 2.09. The summed E-state index contributed by atoms with van der Waals surface area (Å²) < 4.78 is 42.9. The summed E-state index contributed by atoms with van der Waals surface area (Å²) in [5.41, 5.74) is 0.240. The number of ketones is 1. The van der Waals surface area contributed by atoms with E-state index in [1.54, 1.807) is 66.7 Å². The van der Waals surface area contributed by atoms with Gasteiger partial charge in [-0.15, -0.1) is 10.9 Å². The number of Topliss-reactive ketones (excluding diaryl/α,β-unsaturated/α-hetero) is 1. The van der Waals surface area contributed by atoms with Crippen molar-refractivity contribution in [1.29, 1.82) is 0 Å². The van der Waals surface area contributed by atoms with Crippen molar-refractivity contribution in [2.24, 2.45) is 0 Å². The van der Waals surface area contributed by atoms with Crippen molar-refractivity contribution in [3.63, 3.8) is 0 Å². The summed E-state index contributed by atoms with van der Waals surface area (Å²) in [6.45, 7) is 1.52. The first-order chi connectivity index (χ1) is 14.8. The molecule has 1 heterocycles. The van der Waals surface area contributed by atoms with Gasteiger partial charge in [0.05, 0.1) is 0 Å². The second-order valence-electron chi connectivity index (χ2n) is 7.54. The van der Waals surface area contributed by atoms with Crippen molar-refractivity contribution in [2.45, 2.75) is 13.1 Å². The van der Waals surface area contributed by atoms with Crippen LogP contribution in [0.5, 0.6) is 0 Å². The molecule has 0 radical (unpaired) electrons. The van der Waals surface area contributed by atoms with Crippen LogP contribution in [0.1, 0.15) is 17.3 Å². The molecule has 1 aliphatic rings. The van der Waals surface area contributed by atoms with Gasteiger partial charge in [-0.1, -0.05) is 91.0 Å². The third-order valence-electron chi connectivity index (χ3n) is 5.56. The van der Waals surface area contributed by atoms with E-state index < -0.39 is 29.7 Å². The molecule has 0 aliphatic carbocycles. The van der Waals surface area contributed by atoms with Crippen molar-refractivity contribution in [3.8, 4) is 0 Å². The predicted molar refractivity (Wildman–Crippen MR) is 117 cm³/mol. The van der Waals surface area contributed by atoms with Gasteiger partial charge in [-0.3, -0.25) is 4.79 Å². The summed E-state index contributed by atoms with van der Waals surface area (Å²) >= 11 is 0. The number of allylic oxidation sites excluding steroid dienone is 2. The Labute approximate surface area is 178 Å². The van der Waals surface area contributed by atoms with Gasteiger partial charge < -0.3 is 10.1 Å². The molecule has 31 heavy (non-hydrogen) atoms. The van der Waals surface area contributed by atoms with Gasteiger partial charge in [0.1, 0.15) is 5.57 Å². The van der Waals surface area contributed by atoms with Crippen LogP contribution in [0.4, 0.5) is 13.2 Å². The van der Waals surface area contributed by atoms with E-state index in [0.717, 1.165) is 0 Å². The van der Waals surface area contributed by atoms with Crippen LogP contribution in [0.2, 0.25) is 0 Å². The first-order valence-electron chi connectivity index (χ1n) is 9.91. The molecule has 0 atom stereocenters. The maximum atomic E-state index is 14.3. The number of hydrogen-bond donors (Lipinski definition) is 2. The number of nitrogens with one attached hydrogen (secondary N) is 2. The van der Waals surface area contributed by atoms with Gasteiger partial charge in [-0.05, 0) is 12.6 Å². The maximum Gasteiger partial charge on any atom is 0.472 e. The molecule has 7 heteroatoms.